The van der Waals surface area contributed by atoms with Crippen LogP contribution in [0.2, 0.25) is 0 Å². The van der Waals surface area contributed by atoms with Crippen molar-refractivity contribution in [2.24, 2.45) is 11.7 Å². The van der Waals surface area contributed by atoms with Gasteiger partial charge in [-0.3, -0.25) is 4.90 Å². The maximum absolute atomic E-state index is 12.7. The van der Waals surface area contributed by atoms with Crippen LogP contribution < -0.4 is 5.73 Å². The number of alkyl halides is 3. The van der Waals surface area contributed by atoms with E-state index in [4.69, 9.17) is 5.73 Å². The molecule has 1 heterocycles. The number of nitrogens with two attached hydrogens (primary N) is 1. The zero-order valence-corrected chi connectivity index (χ0v) is 11.4. The minimum Gasteiger partial charge on any atom is -0.329 e. The Bertz CT molecular complexity index is 397. The Morgan fingerprint density at radius 1 is 1.15 bits per heavy atom. The Kier molecular flexibility index (Phi) is 5.05. The van der Waals surface area contributed by atoms with Crippen molar-refractivity contribution in [3.05, 3.63) is 35.9 Å². The predicted octanol–water partition coefficient (Wildman–Crippen LogP) is 2.83. The molecule has 1 aliphatic heterocycles. The first-order chi connectivity index (χ1) is 9.50. The molecule has 0 radical (unpaired) electrons. The highest BCUT2D eigenvalue weighted by Gasteiger charge is 2.41. The van der Waals surface area contributed by atoms with E-state index in [0.717, 1.165) is 6.42 Å². The summed E-state index contributed by atoms with van der Waals surface area (Å²) in [5, 5.41) is 0. The van der Waals surface area contributed by atoms with Gasteiger partial charge in [-0.1, -0.05) is 30.3 Å². The lowest BCUT2D eigenvalue weighted by molar-refractivity contribution is -0.186. The van der Waals surface area contributed by atoms with Gasteiger partial charge in [-0.25, -0.2) is 0 Å². The Labute approximate surface area is 117 Å². The van der Waals surface area contributed by atoms with Gasteiger partial charge >= 0.3 is 6.18 Å². The number of piperidine rings is 1. The van der Waals surface area contributed by atoms with E-state index >= 15 is 0 Å². The van der Waals surface area contributed by atoms with Gasteiger partial charge in [0.1, 0.15) is 0 Å². The topological polar surface area (TPSA) is 29.3 Å². The third-order valence-corrected chi connectivity index (χ3v) is 4.10. The lowest BCUT2D eigenvalue weighted by atomic mass is 9.94. The smallest absolute Gasteiger partial charge is 0.329 e. The van der Waals surface area contributed by atoms with Gasteiger partial charge in [0, 0.05) is 12.6 Å². The molecule has 0 unspecified atom stereocenters. The Balaban J connectivity index is 1.91. The van der Waals surface area contributed by atoms with Gasteiger partial charge in [-0.05, 0) is 37.9 Å². The molecule has 2 rings (SSSR count). The summed E-state index contributed by atoms with van der Waals surface area (Å²) >= 11 is 0. The van der Waals surface area contributed by atoms with Crippen molar-refractivity contribution in [1.82, 2.24) is 4.90 Å². The van der Waals surface area contributed by atoms with Gasteiger partial charge in [0.25, 0.3) is 0 Å². The molecule has 0 spiro atoms. The molecule has 0 bridgehead atoms. The fourth-order valence-electron chi connectivity index (χ4n) is 2.84. The molecule has 0 saturated carbocycles. The molecule has 1 aliphatic rings. The van der Waals surface area contributed by atoms with Crippen LogP contribution in [0.25, 0.3) is 0 Å². The maximum Gasteiger partial charge on any atom is 0.391 e. The van der Waals surface area contributed by atoms with Crippen LogP contribution in [0, 0.1) is 5.92 Å². The van der Waals surface area contributed by atoms with Crippen LogP contribution in [0.4, 0.5) is 13.2 Å². The second kappa shape index (κ2) is 6.59. The second-order valence-corrected chi connectivity index (χ2v) is 5.43. The van der Waals surface area contributed by atoms with Crippen molar-refractivity contribution in [3.8, 4) is 0 Å². The fourth-order valence-corrected chi connectivity index (χ4v) is 2.84. The summed E-state index contributed by atoms with van der Waals surface area (Å²) in [6, 6.07) is 10.1. The number of halogens is 3. The summed E-state index contributed by atoms with van der Waals surface area (Å²) < 4.78 is 38.0. The first kappa shape index (κ1) is 15.3. The lowest BCUT2D eigenvalue weighted by Crippen LogP contribution is -2.48. The minimum atomic E-state index is -4.05. The molecule has 1 fully saturated rings. The molecule has 5 heteroatoms. The van der Waals surface area contributed by atoms with E-state index in [1.54, 1.807) is 0 Å². The molecule has 0 amide bonds. The molecule has 0 aliphatic carbocycles. The number of hydrogen-bond donors (Lipinski definition) is 1. The third-order valence-electron chi connectivity index (χ3n) is 4.10. The van der Waals surface area contributed by atoms with Crippen LogP contribution in [0.15, 0.2) is 30.3 Å². The number of benzene rings is 1. The number of rotatable bonds is 4. The van der Waals surface area contributed by atoms with Crippen LogP contribution in [-0.2, 0) is 6.42 Å². The minimum absolute atomic E-state index is 0.131. The van der Waals surface area contributed by atoms with Gasteiger partial charge < -0.3 is 5.73 Å². The summed E-state index contributed by atoms with van der Waals surface area (Å²) in [6.45, 7) is 1.45. The number of likely N-dealkylation sites (tertiary alicyclic amines) is 1. The van der Waals surface area contributed by atoms with E-state index in [-0.39, 0.29) is 18.9 Å². The molecule has 1 atom stereocenters. The van der Waals surface area contributed by atoms with Crippen LogP contribution in [0.5, 0.6) is 0 Å². The van der Waals surface area contributed by atoms with Crippen molar-refractivity contribution in [1.29, 1.82) is 0 Å². The molecule has 112 valence electrons. The second-order valence-electron chi connectivity index (χ2n) is 5.43. The van der Waals surface area contributed by atoms with Crippen LogP contribution in [-0.4, -0.2) is 36.8 Å². The predicted molar refractivity (Wildman–Crippen MR) is 73.3 cm³/mol. The molecule has 1 aromatic rings. The quantitative estimate of drug-likeness (QED) is 0.922. The first-order valence-corrected chi connectivity index (χ1v) is 7.05. The molecule has 2 N–H and O–H groups in total. The summed E-state index contributed by atoms with van der Waals surface area (Å²) in [6.07, 6.45) is -2.87. The summed E-state index contributed by atoms with van der Waals surface area (Å²) in [5.41, 5.74) is 6.99. The summed E-state index contributed by atoms with van der Waals surface area (Å²) in [7, 11) is 0. The zero-order chi connectivity index (χ0) is 14.6. The van der Waals surface area contributed by atoms with Gasteiger partial charge in [-0.2, -0.15) is 13.2 Å². The molecule has 1 aromatic carbocycles. The van der Waals surface area contributed by atoms with Crippen molar-refractivity contribution in [2.75, 3.05) is 19.6 Å². The van der Waals surface area contributed by atoms with Crippen LogP contribution >= 0.6 is 0 Å². The van der Waals surface area contributed by atoms with Gasteiger partial charge in [0.15, 0.2) is 0 Å². The largest absolute Gasteiger partial charge is 0.391 e. The van der Waals surface area contributed by atoms with E-state index in [2.05, 4.69) is 4.90 Å². The number of nitrogens with zero attached hydrogens (tertiary/aromatic N) is 1. The molecule has 0 aromatic heterocycles. The average Bonchev–Trinajstić information content (AvgIpc) is 2.45. The average molecular weight is 286 g/mol. The van der Waals surface area contributed by atoms with Crippen molar-refractivity contribution < 1.29 is 13.2 Å². The zero-order valence-electron chi connectivity index (χ0n) is 11.4. The van der Waals surface area contributed by atoms with E-state index < -0.39 is 12.1 Å². The summed E-state index contributed by atoms with van der Waals surface area (Å²) in [4.78, 5) is 2.11. The van der Waals surface area contributed by atoms with Crippen molar-refractivity contribution in [3.63, 3.8) is 0 Å². The highest BCUT2D eigenvalue weighted by atomic mass is 19.4. The van der Waals surface area contributed by atoms with E-state index in [1.165, 1.54) is 5.56 Å². The van der Waals surface area contributed by atoms with Crippen LogP contribution in [0.1, 0.15) is 18.4 Å². The summed E-state index contributed by atoms with van der Waals surface area (Å²) in [5.74, 6) is -1.14. The molecule has 20 heavy (non-hydrogen) atoms. The normalized spacial score (nSPS) is 20.0. The highest BCUT2D eigenvalue weighted by molar-refractivity contribution is 5.16. The van der Waals surface area contributed by atoms with Gasteiger partial charge in [-0.15, -0.1) is 0 Å². The molecular formula is C15H21F3N2. The Morgan fingerprint density at radius 3 is 2.25 bits per heavy atom. The lowest BCUT2D eigenvalue weighted by Gasteiger charge is -2.37. The maximum atomic E-state index is 12.7. The van der Waals surface area contributed by atoms with E-state index in [1.807, 2.05) is 30.3 Å². The molecule has 1 saturated heterocycles. The van der Waals surface area contributed by atoms with E-state index in [9.17, 15) is 13.2 Å². The van der Waals surface area contributed by atoms with Crippen molar-refractivity contribution >= 4 is 0 Å². The standard InChI is InChI=1S/C15H21F3N2/c16-15(17,18)13-6-8-20(9-7-13)14(11-19)10-12-4-2-1-3-5-12/h1-5,13-14H,6-11,19H2/t14-/m1/s1. The number of hydrogen-bond acceptors (Lipinski definition) is 2. The Morgan fingerprint density at radius 2 is 1.75 bits per heavy atom. The third kappa shape index (κ3) is 3.96. The van der Waals surface area contributed by atoms with Gasteiger partial charge in [0.05, 0.1) is 5.92 Å². The first-order valence-electron chi connectivity index (χ1n) is 7.05. The van der Waals surface area contributed by atoms with Crippen molar-refractivity contribution in [2.45, 2.75) is 31.5 Å². The fraction of sp³-hybridized carbons (Fsp3) is 0.600. The highest BCUT2D eigenvalue weighted by Crippen LogP contribution is 2.34. The molecule has 2 nitrogen and oxygen atoms in total. The van der Waals surface area contributed by atoms with Crippen LogP contribution in [0.3, 0.4) is 0 Å². The van der Waals surface area contributed by atoms with Gasteiger partial charge in [0.2, 0.25) is 0 Å². The monoisotopic (exact) mass is 286 g/mol. The SMILES string of the molecule is NC[C@@H](Cc1ccccc1)N1CCC(C(F)(F)F)CC1. The van der Waals surface area contributed by atoms with E-state index in [0.29, 0.717) is 19.6 Å². The Hall–Kier alpha value is -1.07. The molecular weight excluding hydrogens is 265 g/mol.